The van der Waals surface area contributed by atoms with E-state index in [2.05, 4.69) is 20.3 Å². The topological polar surface area (TPSA) is 77.8 Å². The standard InChI is InChI=1S/C18H13ClN4O2S/c1-11-4-2-6-13(8-11)17-21-22-18(24-17)26-10-15-20-16(23-25-15)12-5-3-7-14(19)9-12/h2-9H,10H2,1H3. The lowest BCUT2D eigenvalue weighted by atomic mass is 10.1. The Morgan fingerprint density at radius 2 is 1.88 bits per heavy atom. The molecule has 0 radical (unpaired) electrons. The van der Waals surface area contributed by atoms with Crippen molar-refractivity contribution in [3.63, 3.8) is 0 Å². The second-order valence-corrected chi connectivity index (χ2v) is 6.92. The van der Waals surface area contributed by atoms with Crippen LogP contribution >= 0.6 is 23.4 Å². The molecule has 0 atom stereocenters. The molecule has 2 aromatic carbocycles. The molecule has 2 aromatic heterocycles. The Hall–Kier alpha value is -2.64. The van der Waals surface area contributed by atoms with Crippen LogP contribution < -0.4 is 0 Å². The molecule has 0 aliphatic heterocycles. The van der Waals surface area contributed by atoms with E-state index in [9.17, 15) is 0 Å². The number of aromatic nitrogens is 4. The molecule has 0 saturated carbocycles. The van der Waals surface area contributed by atoms with Gasteiger partial charge in [0.1, 0.15) is 0 Å². The van der Waals surface area contributed by atoms with Gasteiger partial charge in [-0.2, -0.15) is 4.98 Å². The first-order valence-electron chi connectivity index (χ1n) is 7.79. The molecule has 4 aromatic rings. The third kappa shape index (κ3) is 3.79. The Morgan fingerprint density at radius 3 is 2.73 bits per heavy atom. The van der Waals surface area contributed by atoms with E-state index in [1.54, 1.807) is 12.1 Å². The highest BCUT2D eigenvalue weighted by Crippen LogP contribution is 2.27. The van der Waals surface area contributed by atoms with Gasteiger partial charge >= 0.3 is 0 Å². The van der Waals surface area contributed by atoms with Crippen molar-refractivity contribution in [2.75, 3.05) is 0 Å². The minimum Gasteiger partial charge on any atom is -0.411 e. The van der Waals surface area contributed by atoms with Crippen molar-refractivity contribution in [1.29, 1.82) is 0 Å². The second-order valence-electron chi connectivity index (χ2n) is 5.55. The molecular formula is C18H13ClN4O2S. The van der Waals surface area contributed by atoms with Crippen molar-refractivity contribution in [2.24, 2.45) is 0 Å². The van der Waals surface area contributed by atoms with Crippen molar-refractivity contribution in [2.45, 2.75) is 17.9 Å². The summed E-state index contributed by atoms with van der Waals surface area (Å²) in [5, 5.41) is 13.2. The van der Waals surface area contributed by atoms with Crippen molar-refractivity contribution >= 4 is 23.4 Å². The van der Waals surface area contributed by atoms with Gasteiger partial charge in [-0.05, 0) is 31.2 Å². The van der Waals surface area contributed by atoms with Gasteiger partial charge in [-0.3, -0.25) is 0 Å². The maximum atomic E-state index is 5.99. The molecule has 4 rings (SSSR count). The van der Waals surface area contributed by atoms with Crippen molar-refractivity contribution < 1.29 is 8.94 Å². The molecule has 0 N–H and O–H groups in total. The van der Waals surface area contributed by atoms with Crippen LogP contribution in [0.5, 0.6) is 0 Å². The smallest absolute Gasteiger partial charge is 0.277 e. The van der Waals surface area contributed by atoms with Gasteiger partial charge in [0.2, 0.25) is 17.6 Å². The molecule has 0 fully saturated rings. The summed E-state index contributed by atoms with van der Waals surface area (Å²) in [4.78, 5) is 4.37. The van der Waals surface area contributed by atoms with E-state index in [1.165, 1.54) is 11.8 Å². The van der Waals surface area contributed by atoms with Crippen LogP contribution in [0.4, 0.5) is 0 Å². The SMILES string of the molecule is Cc1cccc(-c2nnc(SCc3nc(-c4cccc(Cl)c4)no3)o2)c1. The summed E-state index contributed by atoms with van der Waals surface area (Å²) in [5.41, 5.74) is 2.83. The number of hydrogen-bond acceptors (Lipinski definition) is 7. The van der Waals surface area contributed by atoms with E-state index in [1.807, 2.05) is 43.3 Å². The van der Waals surface area contributed by atoms with Crippen LogP contribution in [-0.2, 0) is 5.75 Å². The van der Waals surface area contributed by atoms with E-state index < -0.39 is 0 Å². The van der Waals surface area contributed by atoms with Gasteiger partial charge in [-0.25, -0.2) is 0 Å². The molecule has 2 heterocycles. The molecular weight excluding hydrogens is 372 g/mol. The lowest BCUT2D eigenvalue weighted by molar-refractivity contribution is 0.391. The lowest BCUT2D eigenvalue weighted by Crippen LogP contribution is -1.83. The van der Waals surface area contributed by atoms with Gasteiger partial charge in [0, 0.05) is 16.1 Å². The summed E-state index contributed by atoms with van der Waals surface area (Å²) in [7, 11) is 0. The number of thioether (sulfide) groups is 1. The molecule has 8 heteroatoms. The summed E-state index contributed by atoms with van der Waals surface area (Å²) >= 11 is 7.33. The monoisotopic (exact) mass is 384 g/mol. The fourth-order valence-electron chi connectivity index (χ4n) is 2.34. The maximum absolute atomic E-state index is 5.99. The normalized spacial score (nSPS) is 11.0. The summed E-state index contributed by atoms with van der Waals surface area (Å²) in [5.74, 6) is 1.89. The highest BCUT2D eigenvalue weighted by atomic mass is 35.5. The van der Waals surface area contributed by atoms with Crippen LogP contribution in [0, 0.1) is 6.92 Å². The zero-order valence-electron chi connectivity index (χ0n) is 13.7. The summed E-state index contributed by atoms with van der Waals surface area (Å²) < 4.78 is 11.0. The molecule has 0 spiro atoms. The third-order valence-corrected chi connectivity index (χ3v) is 4.58. The second kappa shape index (κ2) is 7.31. The van der Waals surface area contributed by atoms with E-state index >= 15 is 0 Å². The van der Waals surface area contributed by atoms with Crippen molar-refractivity contribution in [3.8, 4) is 22.8 Å². The molecule has 26 heavy (non-hydrogen) atoms. The number of nitrogens with zero attached hydrogens (tertiary/aromatic N) is 4. The highest BCUT2D eigenvalue weighted by molar-refractivity contribution is 7.98. The number of hydrogen-bond donors (Lipinski definition) is 0. The van der Waals surface area contributed by atoms with Gasteiger partial charge in [0.25, 0.3) is 5.22 Å². The first kappa shape index (κ1) is 16.8. The molecule has 130 valence electrons. The Balaban J connectivity index is 1.44. The quantitative estimate of drug-likeness (QED) is 0.446. The van der Waals surface area contributed by atoms with Crippen LogP contribution in [0.3, 0.4) is 0 Å². The van der Waals surface area contributed by atoms with Gasteiger partial charge in [0.15, 0.2) is 0 Å². The molecule has 0 saturated heterocycles. The van der Waals surface area contributed by atoms with E-state index in [0.717, 1.165) is 16.7 Å². The average Bonchev–Trinajstić information content (AvgIpc) is 3.30. The number of benzene rings is 2. The number of halogens is 1. The fraction of sp³-hybridized carbons (Fsp3) is 0.111. The summed E-state index contributed by atoms with van der Waals surface area (Å²) in [6, 6.07) is 15.2. The lowest BCUT2D eigenvalue weighted by Gasteiger charge is -1.95. The Morgan fingerprint density at radius 1 is 1.04 bits per heavy atom. The Labute approximate surface area is 158 Å². The highest BCUT2D eigenvalue weighted by Gasteiger charge is 2.13. The molecule has 0 bridgehead atoms. The van der Waals surface area contributed by atoms with E-state index in [4.69, 9.17) is 20.5 Å². The van der Waals surface area contributed by atoms with Crippen molar-refractivity contribution in [1.82, 2.24) is 20.3 Å². The van der Waals surface area contributed by atoms with Crippen LogP contribution in [0.25, 0.3) is 22.8 Å². The molecule has 0 aliphatic rings. The van der Waals surface area contributed by atoms with E-state index in [0.29, 0.717) is 33.6 Å². The Bertz CT molecular complexity index is 963. The van der Waals surface area contributed by atoms with Gasteiger partial charge in [-0.15, -0.1) is 10.2 Å². The molecule has 6 nitrogen and oxygen atoms in total. The van der Waals surface area contributed by atoms with Crippen LogP contribution in [0.2, 0.25) is 5.02 Å². The minimum atomic E-state index is 0.434. The van der Waals surface area contributed by atoms with Gasteiger partial charge in [0.05, 0.1) is 5.75 Å². The fourth-order valence-corrected chi connectivity index (χ4v) is 3.14. The average molecular weight is 385 g/mol. The predicted octanol–water partition coefficient (Wildman–Crippen LogP) is 5.04. The Kier molecular flexibility index (Phi) is 4.73. The summed E-state index contributed by atoms with van der Waals surface area (Å²) in [6.45, 7) is 2.02. The van der Waals surface area contributed by atoms with Gasteiger partial charge < -0.3 is 8.94 Å². The van der Waals surface area contributed by atoms with Crippen LogP contribution in [-0.4, -0.2) is 20.3 Å². The first-order valence-corrected chi connectivity index (χ1v) is 9.15. The summed E-state index contributed by atoms with van der Waals surface area (Å²) in [6.07, 6.45) is 0. The number of aryl methyl sites for hydroxylation is 1. The first-order chi connectivity index (χ1) is 12.7. The molecule has 0 unspecified atom stereocenters. The van der Waals surface area contributed by atoms with Crippen LogP contribution in [0.15, 0.2) is 62.7 Å². The largest absolute Gasteiger partial charge is 0.411 e. The number of rotatable bonds is 5. The van der Waals surface area contributed by atoms with Gasteiger partial charge in [-0.1, -0.05) is 58.3 Å². The zero-order valence-corrected chi connectivity index (χ0v) is 15.3. The maximum Gasteiger partial charge on any atom is 0.277 e. The van der Waals surface area contributed by atoms with Crippen LogP contribution in [0.1, 0.15) is 11.5 Å². The minimum absolute atomic E-state index is 0.434. The predicted molar refractivity (Wildman–Crippen MR) is 98.8 cm³/mol. The zero-order chi connectivity index (χ0) is 17.9. The molecule has 0 amide bonds. The third-order valence-electron chi connectivity index (χ3n) is 3.54. The van der Waals surface area contributed by atoms with Crippen molar-refractivity contribution in [3.05, 3.63) is 65.0 Å². The molecule has 0 aliphatic carbocycles. The van der Waals surface area contributed by atoms with E-state index in [-0.39, 0.29) is 0 Å².